The largest absolute Gasteiger partial charge is 0.481 e. The Bertz CT molecular complexity index is 643. The fourth-order valence-corrected chi connectivity index (χ4v) is 2.35. The molecule has 2 heterocycles. The van der Waals surface area contributed by atoms with Crippen molar-refractivity contribution in [1.29, 1.82) is 0 Å². The van der Waals surface area contributed by atoms with Crippen molar-refractivity contribution in [3.05, 3.63) is 52.7 Å². The summed E-state index contributed by atoms with van der Waals surface area (Å²) in [4.78, 5) is 29.8. The quantitative estimate of drug-likeness (QED) is 0.632. The van der Waals surface area contributed by atoms with Crippen LogP contribution in [-0.4, -0.2) is 31.4 Å². The number of carboxylic acids is 1. The third-order valence-electron chi connectivity index (χ3n) is 2.54. The summed E-state index contributed by atoms with van der Waals surface area (Å²) >= 11 is 1.04. The first-order chi connectivity index (χ1) is 9.65. The Hall–Kier alpha value is -2.15. The van der Waals surface area contributed by atoms with Crippen molar-refractivity contribution in [1.82, 2.24) is 14.5 Å². The van der Waals surface area contributed by atoms with Gasteiger partial charge in [0, 0.05) is 31.2 Å². The first-order valence-electron chi connectivity index (χ1n) is 5.96. The van der Waals surface area contributed by atoms with Gasteiger partial charge in [-0.2, -0.15) is 4.98 Å². The molecule has 0 saturated carbocycles. The molecular formula is C13H13N3O3S. The van der Waals surface area contributed by atoms with Gasteiger partial charge in [-0.05, 0) is 18.1 Å². The summed E-state index contributed by atoms with van der Waals surface area (Å²) in [5, 5.41) is 9.12. The zero-order valence-electron chi connectivity index (χ0n) is 10.6. The summed E-state index contributed by atoms with van der Waals surface area (Å²) in [6, 6.07) is 5.19. The van der Waals surface area contributed by atoms with E-state index in [1.54, 1.807) is 23.2 Å². The van der Waals surface area contributed by atoms with E-state index in [1.807, 2.05) is 12.1 Å². The van der Waals surface area contributed by atoms with Crippen LogP contribution in [0.15, 0.2) is 46.7 Å². The molecule has 0 spiro atoms. The molecule has 2 aromatic heterocycles. The van der Waals surface area contributed by atoms with Crippen LogP contribution in [-0.2, 0) is 17.8 Å². The number of carboxylic acid groups (broad SMARTS) is 1. The van der Waals surface area contributed by atoms with Crippen molar-refractivity contribution < 1.29 is 9.90 Å². The highest BCUT2D eigenvalue weighted by Crippen LogP contribution is 2.14. The Labute approximate surface area is 119 Å². The molecule has 0 aliphatic carbocycles. The van der Waals surface area contributed by atoms with Crippen molar-refractivity contribution in [3.8, 4) is 0 Å². The van der Waals surface area contributed by atoms with E-state index in [0.717, 1.165) is 23.7 Å². The lowest BCUT2D eigenvalue weighted by atomic mass is 10.2. The van der Waals surface area contributed by atoms with Gasteiger partial charge in [-0.3, -0.25) is 14.6 Å². The van der Waals surface area contributed by atoms with Crippen molar-refractivity contribution in [3.63, 3.8) is 0 Å². The Kier molecular flexibility index (Phi) is 4.89. The molecule has 0 aliphatic heterocycles. The SMILES string of the molecule is O=C(O)CSc1nc(=O)ccn1CCc1cccnc1. The van der Waals surface area contributed by atoms with Crippen molar-refractivity contribution in [2.24, 2.45) is 0 Å². The second kappa shape index (κ2) is 6.85. The molecule has 2 rings (SSSR count). The van der Waals surface area contributed by atoms with Gasteiger partial charge in [0.15, 0.2) is 5.16 Å². The minimum Gasteiger partial charge on any atom is -0.481 e. The molecule has 0 fully saturated rings. The van der Waals surface area contributed by atoms with Gasteiger partial charge in [0.25, 0.3) is 5.56 Å². The molecule has 0 bridgehead atoms. The molecule has 20 heavy (non-hydrogen) atoms. The van der Waals surface area contributed by atoms with Gasteiger partial charge in [0.05, 0.1) is 5.75 Å². The number of carbonyl (C=O) groups is 1. The maximum Gasteiger partial charge on any atom is 0.313 e. The number of nitrogens with zero attached hydrogens (tertiary/aromatic N) is 3. The summed E-state index contributed by atoms with van der Waals surface area (Å²) in [6.07, 6.45) is 5.85. The van der Waals surface area contributed by atoms with Crippen LogP contribution < -0.4 is 5.56 Å². The van der Waals surface area contributed by atoms with Crippen LogP contribution in [0, 0.1) is 0 Å². The van der Waals surface area contributed by atoms with E-state index < -0.39 is 5.97 Å². The first kappa shape index (κ1) is 14.3. The van der Waals surface area contributed by atoms with Gasteiger partial charge < -0.3 is 9.67 Å². The highest BCUT2D eigenvalue weighted by molar-refractivity contribution is 7.99. The Morgan fingerprint density at radius 1 is 1.40 bits per heavy atom. The van der Waals surface area contributed by atoms with Crippen LogP contribution >= 0.6 is 11.8 Å². The molecule has 1 N–H and O–H groups in total. The van der Waals surface area contributed by atoms with Crippen molar-refractivity contribution in [2.75, 3.05) is 5.75 Å². The molecule has 0 unspecified atom stereocenters. The first-order valence-corrected chi connectivity index (χ1v) is 6.95. The van der Waals surface area contributed by atoms with Crippen LogP contribution in [0.4, 0.5) is 0 Å². The van der Waals surface area contributed by atoms with Crippen molar-refractivity contribution in [2.45, 2.75) is 18.1 Å². The standard InChI is InChI=1S/C13H13N3O3S/c17-11-4-7-16(13(15-11)20-9-12(18)19)6-3-10-2-1-5-14-8-10/h1-2,4-5,7-8H,3,6,9H2,(H,18,19). The average molecular weight is 291 g/mol. The number of aromatic nitrogens is 3. The van der Waals surface area contributed by atoms with Crippen LogP contribution in [0.5, 0.6) is 0 Å². The van der Waals surface area contributed by atoms with Crippen LogP contribution in [0.1, 0.15) is 5.56 Å². The fourth-order valence-electron chi connectivity index (χ4n) is 1.62. The van der Waals surface area contributed by atoms with E-state index >= 15 is 0 Å². The molecule has 0 atom stereocenters. The minimum absolute atomic E-state index is 0.122. The number of thioether (sulfide) groups is 1. The van der Waals surface area contributed by atoms with Gasteiger partial charge in [-0.1, -0.05) is 17.8 Å². The van der Waals surface area contributed by atoms with Gasteiger partial charge in [-0.15, -0.1) is 0 Å². The van der Waals surface area contributed by atoms with E-state index in [-0.39, 0.29) is 11.3 Å². The van der Waals surface area contributed by atoms with Crippen LogP contribution in [0.2, 0.25) is 0 Å². The van der Waals surface area contributed by atoms with E-state index in [1.165, 1.54) is 6.07 Å². The number of aryl methyl sites for hydroxylation is 2. The maximum absolute atomic E-state index is 11.3. The molecule has 0 saturated heterocycles. The van der Waals surface area contributed by atoms with Gasteiger partial charge in [0.2, 0.25) is 0 Å². The van der Waals surface area contributed by atoms with Crippen LogP contribution in [0.25, 0.3) is 0 Å². The molecule has 2 aromatic rings. The van der Waals surface area contributed by atoms with E-state index in [9.17, 15) is 9.59 Å². The Balaban J connectivity index is 2.10. The molecule has 0 amide bonds. The van der Waals surface area contributed by atoms with Gasteiger partial charge >= 0.3 is 5.97 Å². The van der Waals surface area contributed by atoms with Gasteiger partial charge in [-0.25, -0.2) is 0 Å². The number of hydrogen-bond donors (Lipinski definition) is 1. The summed E-state index contributed by atoms with van der Waals surface area (Å²) in [6.45, 7) is 0.612. The Morgan fingerprint density at radius 3 is 2.95 bits per heavy atom. The molecule has 104 valence electrons. The highest BCUT2D eigenvalue weighted by atomic mass is 32.2. The maximum atomic E-state index is 11.3. The van der Waals surface area contributed by atoms with E-state index in [4.69, 9.17) is 5.11 Å². The van der Waals surface area contributed by atoms with E-state index in [2.05, 4.69) is 9.97 Å². The third kappa shape index (κ3) is 4.20. The van der Waals surface area contributed by atoms with Gasteiger partial charge in [0.1, 0.15) is 0 Å². The van der Waals surface area contributed by atoms with E-state index in [0.29, 0.717) is 11.7 Å². The molecule has 0 radical (unpaired) electrons. The lowest BCUT2D eigenvalue weighted by Gasteiger charge is -2.10. The minimum atomic E-state index is -0.938. The monoisotopic (exact) mass is 291 g/mol. The van der Waals surface area contributed by atoms with Crippen molar-refractivity contribution >= 4 is 17.7 Å². The number of hydrogen-bond acceptors (Lipinski definition) is 5. The topological polar surface area (TPSA) is 85.1 Å². The summed E-state index contributed by atoms with van der Waals surface area (Å²) in [5.41, 5.74) is 0.705. The predicted molar refractivity (Wildman–Crippen MR) is 74.8 cm³/mol. The zero-order chi connectivity index (χ0) is 14.4. The summed E-state index contributed by atoms with van der Waals surface area (Å²) in [5.74, 6) is -1.06. The fraction of sp³-hybridized carbons (Fsp3) is 0.231. The molecule has 0 aromatic carbocycles. The lowest BCUT2D eigenvalue weighted by Crippen LogP contribution is -2.15. The predicted octanol–water partition coefficient (Wildman–Crippen LogP) is 1.06. The number of rotatable bonds is 6. The molecule has 7 heteroatoms. The Morgan fingerprint density at radius 2 is 2.25 bits per heavy atom. The third-order valence-corrected chi connectivity index (χ3v) is 3.51. The number of aliphatic carboxylic acids is 1. The normalized spacial score (nSPS) is 10.4. The molecular weight excluding hydrogens is 278 g/mol. The molecule has 0 aliphatic rings. The smallest absolute Gasteiger partial charge is 0.313 e. The summed E-state index contributed by atoms with van der Waals surface area (Å²) < 4.78 is 1.78. The highest BCUT2D eigenvalue weighted by Gasteiger charge is 2.07. The second-order valence-corrected chi connectivity index (χ2v) is 4.98. The zero-order valence-corrected chi connectivity index (χ0v) is 11.4. The molecule has 6 nitrogen and oxygen atoms in total. The van der Waals surface area contributed by atoms with Crippen LogP contribution in [0.3, 0.4) is 0 Å². The lowest BCUT2D eigenvalue weighted by molar-refractivity contribution is -0.133. The summed E-state index contributed by atoms with van der Waals surface area (Å²) in [7, 11) is 0. The average Bonchev–Trinajstić information content (AvgIpc) is 2.45. The second-order valence-electron chi connectivity index (χ2n) is 4.04. The number of pyridine rings is 1.